The Morgan fingerprint density at radius 1 is 1.29 bits per heavy atom. The van der Waals surface area contributed by atoms with Gasteiger partial charge in [-0.15, -0.1) is 0 Å². The van der Waals surface area contributed by atoms with E-state index in [1.165, 1.54) is 16.7 Å². The van der Waals surface area contributed by atoms with Crippen LogP contribution in [0, 0.1) is 13.8 Å². The van der Waals surface area contributed by atoms with Gasteiger partial charge >= 0.3 is 0 Å². The third-order valence-electron chi connectivity index (χ3n) is 3.69. The zero-order valence-electron chi connectivity index (χ0n) is 10.7. The molecule has 0 unspecified atom stereocenters. The van der Waals surface area contributed by atoms with Crippen molar-refractivity contribution in [2.45, 2.75) is 39.3 Å². The van der Waals surface area contributed by atoms with E-state index < -0.39 is 10.8 Å². The molecule has 1 saturated heterocycles. The summed E-state index contributed by atoms with van der Waals surface area (Å²) in [5, 5.41) is 3.59. The van der Waals surface area contributed by atoms with Crippen LogP contribution in [0.4, 0.5) is 0 Å². The van der Waals surface area contributed by atoms with Crippen molar-refractivity contribution in [2.75, 3.05) is 11.5 Å². The summed E-state index contributed by atoms with van der Waals surface area (Å²) in [5.74, 6) is 1.73. The highest BCUT2D eigenvalue weighted by atomic mass is 32.2. The number of aryl methyl sites for hydroxylation is 1. The lowest BCUT2D eigenvalue weighted by Gasteiger charge is -2.23. The van der Waals surface area contributed by atoms with Gasteiger partial charge in [0.05, 0.1) is 0 Å². The number of hydrogen-bond acceptors (Lipinski definition) is 2. The van der Waals surface area contributed by atoms with Gasteiger partial charge in [-0.2, -0.15) is 0 Å². The van der Waals surface area contributed by atoms with Crippen molar-refractivity contribution in [1.29, 1.82) is 0 Å². The van der Waals surface area contributed by atoms with Crippen LogP contribution in [0.1, 0.15) is 29.5 Å². The van der Waals surface area contributed by atoms with Gasteiger partial charge in [0.25, 0.3) is 0 Å². The number of benzene rings is 1. The van der Waals surface area contributed by atoms with E-state index in [4.69, 9.17) is 0 Å². The monoisotopic (exact) mass is 251 g/mol. The first-order chi connectivity index (χ1) is 8.16. The molecule has 1 aliphatic heterocycles. The molecule has 0 amide bonds. The van der Waals surface area contributed by atoms with E-state index in [0.29, 0.717) is 6.04 Å². The number of hydrogen-bond donors (Lipinski definition) is 1. The fraction of sp³-hybridized carbons (Fsp3) is 0.571. The maximum atomic E-state index is 11.3. The predicted molar refractivity (Wildman–Crippen MR) is 73.7 cm³/mol. The maximum absolute atomic E-state index is 11.3. The van der Waals surface area contributed by atoms with Gasteiger partial charge in [-0.25, -0.2) is 0 Å². The molecule has 0 radical (unpaired) electrons. The summed E-state index contributed by atoms with van der Waals surface area (Å²) in [6.45, 7) is 5.27. The lowest BCUT2D eigenvalue weighted by Crippen LogP contribution is -2.35. The second-order valence-corrected chi connectivity index (χ2v) is 6.56. The summed E-state index contributed by atoms with van der Waals surface area (Å²) in [6.07, 6.45) is 2.11. The fourth-order valence-corrected chi connectivity index (χ4v) is 3.55. The average Bonchev–Trinajstić information content (AvgIpc) is 2.33. The molecule has 0 saturated carbocycles. The van der Waals surface area contributed by atoms with E-state index in [2.05, 4.69) is 37.4 Å². The minimum absolute atomic E-state index is 0.549. The number of rotatable bonds is 3. The van der Waals surface area contributed by atoms with Crippen molar-refractivity contribution in [3.05, 3.63) is 34.9 Å². The Morgan fingerprint density at radius 2 is 2.00 bits per heavy atom. The Hall–Kier alpha value is -0.670. The van der Waals surface area contributed by atoms with Crippen LogP contribution in [-0.4, -0.2) is 21.8 Å². The summed E-state index contributed by atoms with van der Waals surface area (Å²) >= 11 is 0. The molecule has 0 atom stereocenters. The van der Waals surface area contributed by atoms with Crippen LogP contribution in [0.2, 0.25) is 0 Å². The molecular weight excluding hydrogens is 230 g/mol. The molecule has 3 heteroatoms. The lowest BCUT2D eigenvalue weighted by atomic mass is 10.0. The van der Waals surface area contributed by atoms with Crippen molar-refractivity contribution < 1.29 is 4.21 Å². The molecule has 1 heterocycles. The summed E-state index contributed by atoms with van der Waals surface area (Å²) in [4.78, 5) is 0. The van der Waals surface area contributed by atoms with Crippen molar-refractivity contribution in [3.8, 4) is 0 Å². The van der Waals surface area contributed by atoms with Gasteiger partial charge in [-0.05, 0) is 43.4 Å². The zero-order chi connectivity index (χ0) is 12.3. The van der Waals surface area contributed by atoms with E-state index >= 15 is 0 Å². The Bertz CT molecular complexity index is 407. The molecule has 0 aliphatic carbocycles. The molecular formula is C14H21NOS. The topological polar surface area (TPSA) is 29.1 Å². The molecule has 1 aromatic carbocycles. The summed E-state index contributed by atoms with van der Waals surface area (Å²) in [6, 6.07) is 7.02. The normalized spacial score (nSPS) is 24.8. The molecule has 17 heavy (non-hydrogen) atoms. The highest BCUT2D eigenvalue weighted by Crippen LogP contribution is 2.14. The number of nitrogens with one attached hydrogen (secondary N) is 1. The lowest BCUT2D eigenvalue weighted by molar-refractivity contribution is 0.474. The standard InChI is InChI=1S/C14H21NOS/c1-11-4-3-5-13(12(11)2)10-15-14-6-8-17(16)9-7-14/h3-5,14-15H,6-10H2,1-2H3. The van der Waals surface area contributed by atoms with Crippen LogP contribution in [0.25, 0.3) is 0 Å². The van der Waals surface area contributed by atoms with Gasteiger partial charge in [-0.1, -0.05) is 18.2 Å². The summed E-state index contributed by atoms with van der Waals surface area (Å²) in [5.41, 5.74) is 4.13. The Morgan fingerprint density at radius 3 is 2.71 bits per heavy atom. The second kappa shape index (κ2) is 5.78. The first-order valence-corrected chi connectivity index (χ1v) is 7.79. The molecule has 94 valence electrons. The van der Waals surface area contributed by atoms with Gasteiger partial charge in [0.15, 0.2) is 0 Å². The molecule has 2 rings (SSSR count). The largest absolute Gasteiger partial charge is 0.310 e. The minimum atomic E-state index is -0.557. The van der Waals surface area contributed by atoms with Crippen LogP contribution in [0.15, 0.2) is 18.2 Å². The predicted octanol–water partition coefficient (Wildman–Crippen LogP) is 2.30. The van der Waals surface area contributed by atoms with Gasteiger partial charge in [-0.3, -0.25) is 4.21 Å². The second-order valence-electron chi connectivity index (χ2n) is 4.86. The first kappa shape index (κ1) is 12.8. The van der Waals surface area contributed by atoms with Gasteiger partial charge in [0.1, 0.15) is 0 Å². The van der Waals surface area contributed by atoms with Gasteiger partial charge in [0.2, 0.25) is 0 Å². The smallest absolute Gasteiger partial charge is 0.0249 e. The molecule has 1 aromatic rings. The van der Waals surface area contributed by atoms with Crippen molar-refractivity contribution >= 4 is 10.8 Å². The van der Waals surface area contributed by atoms with Crippen molar-refractivity contribution in [3.63, 3.8) is 0 Å². The Labute approximate surface area is 106 Å². The third kappa shape index (κ3) is 3.39. The van der Waals surface area contributed by atoms with Gasteiger partial charge in [0, 0.05) is 34.9 Å². The first-order valence-electron chi connectivity index (χ1n) is 6.30. The average molecular weight is 251 g/mol. The van der Waals surface area contributed by atoms with E-state index in [1.807, 2.05) is 0 Å². The van der Waals surface area contributed by atoms with Crippen LogP contribution >= 0.6 is 0 Å². The molecule has 0 bridgehead atoms. The SMILES string of the molecule is Cc1cccc(CNC2CCS(=O)CC2)c1C. The summed E-state index contributed by atoms with van der Waals surface area (Å²) < 4.78 is 11.3. The molecule has 2 nitrogen and oxygen atoms in total. The molecule has 0 spiro atoms. The minimum Gasteiger partial charge on any atom is -0.310 e. The maximum Gasteiger partial charge on any atom is 0.0249 e. The molecule has 0 aromatic heterocycles. The van der Waals surface area contributed by atoms with Crippen LogP contribution in [0.3, 0.4) is 0 Å². The zero-order valence-corrected chi connectivity index (χ0v) is 11.5. The van der Waals surface area contributed by atoms with E-state index in [0.717, 1.165) is 30.9 Å². The molecule has 1 aliphatic rings. The van der Waals surface area contributed by atoms with E-state index in [1.54, 1.807) is 0 Å². The molecule has 1 N–H and O–H groups in total. The third-order valence-corrected chi connectivity index (χ3v) is 5.07. The molecule has 1 fully saturated rings. The highest BCUT2D eigenvalue weighted by molar-refractivity contribution is 7.85. The fourth-order valence-electron chi connectivity index (χ4n) is 2.26. The highest BCUT2D eigenvalue weighted by Gasteiger charge is 2.17. The van der Waals surface area contributed by atoms with Crippen molar-refractivity contribution in [2.24, 2.45) is 0 Å². The van der Waals surface area contributed by atoms with Crippen molar-refractivity contribution in [1.82, 2.24) is 5.32 Å². The Balaban J connectivity index is 1.89. The van der Waals surface area contributed by atoms with Gasteiger partial charge < -0.3 is 5.32 Å². The van der Waals surface area contributed by atoms with E-state index in [9.17, 15) is 4.21 Å². The van der Waals surface area contributed by atoms with Crippen LogP contribution < -0.4 is 5.32 Å². The van der Waals surface area contributed by atoms with E-state index in [-0.39, 0.29) is 0 Å². The quantitative estimate of drug-likeness (QED) is 0.893. The summed E-state index contributed by atoms with van der Waals surface area (Å²) in [7, 11) is -0.557. The van der Waals surface area contributed by atoms with Crippen LogP contribution in [0.5, 0.6) is 0 Å². The van der Waals surface area contributed by atoms with Crippen LogP contribution in [-0.2, 0) is 17.3 Å². The Kier molecular flexibility index (Phi) is 4.35.